The van der Waals surface area contributed by atoms with E-state index in [1.807, 2.05) is 0 Å². The third kappa shape index (κ3) is 2.86. The zero-order valence-corrected chi connectivity index (χ0v) is 11.8. The van der Waals surface area contributed by atoms with Gasteiger partial charge in [0.05, 0.1) is 12.8 Å². The molecule has 106 valence electrons. The number of nitrogens with zero attached hydrogens (tertiary/aromatic N) is 2. The third-order valence-corrected chi connectivity index (χ3v) is 4.75. The highest BCUT2D eigenvalue weighted by Crippen LogP contribution is 2.30. The van der Waals surface area contributed by atoms with Crippen molar-refractivity contribution in [2.75, 3.05) is 26.7 Å². The van der Waals surface area contributed by atoms with Gasteiger partial charge in [-0.3, -0.25) is 4.90 Å². The Morgan fingerprint density at radius 3 is 3.05 bits per heavy atom. The maximum absolute atomic E-state index is 5.62. The first-order valence-corrected chi connectivity index (χ1v) is 7.45. The first-order chi connectivity index (χ1) is 9.26. The van der Waals surface area contributed by atoms with Gasteiger partial charge in [-0.2, -0.15) is 0 Å². The van der Waals surface area contributed by atoms with Crippen molar-refractivity contribution >= 4 is 0 Å². The zero-order chi connectivity index (χ0) is 13.2. The maximum atomic E-state index is 5.62. The molecular weight excluding hydrogens is 238 g/mol. The van der Waals surface area contributed by atoms with Crippen LogP contribution in [0.15, 0.2) is 16.7 Å². The molecule has 3 heterocycles. The maximum Gasteiger partial charge on any atom is 0.118 e. The van der Waals surface area contributed by atoms with E-state index in [9.17, 15) is 0 Å². The Morgan fingerprint density at radius 2 is 2.26 bits per heavy atom. The van der Waals surface area contributed by atoms with E-state index in [0.717, 1.165) is 29.8 Å². The normalized spacial score (nSPS) is 29.4. The highest BCUT2D eigenvalue weighted by Gasteiger charge is 2.34. The van der Waals surface area contributed by atoms with Gasteiger partial charge in [-0.25, -0.2) is 0 Å². The Bertz CT molecular complexity index is 417. The number of fused-ring (bicyclic) bond motifs is 1. The van der Waals surface area contributed by atoms with Crippen molar-refractivity contribution < 1.29 is 4.42 Å². The fraction of sp³-hybridized carbons (Fsp3) is 0.733. The summed E-state index contributed by atoms with van der Waals surface area (Å²) >= 11 is 0. The summed E-state index contributed by atoms with van der Waals surface area (Å²) in [5, 5.41) is 0. The van der Waals surface area contributed by atoms with Crippen LogP contribution < -0.4 is 5.73 Å². The monoisotopic (exact) mass is 263 g/mol. The number of nitrogens with two attached hydrogens (primary N) is 1. The lowest BCUT2D eigenvalue weighted by molar-refractivity contribution is 0.0330. The summed E-state index contributed by atoms with van der Waals surface area (Å²) in [4.78, 5) is 5.10. The second-order valence-electron chi connectivity index (χ2n) is 6.10. The van der Waals surface area contributed by atoms with Crippen LogP contribution in [0.25, 0.3) is 0 Å². The highest BCUT2D eigenvalue weighted by molar-refractivity contribution is 5.12. The van der Waals surface area contributed by atoms with Crippen molar-refractivity contribution in [3.63, 3.8) is 0 Å². The predicted octanol–water partition coefficient (Wildman–Crippen LogP) is 1.65. The summed E-state index contributed by atoms with van der Waals surface area (Å²) in [7, 11) is 2.28. The molecule has 2 atom stereocenters. The minimum absolute atomic E-state index is 0.568. The second-order valence-corrected chi connectivity index (χ2v) is 6.10. The summed E-state index contributed by atoms with van der Waals surface area (Å²) in [6.07, 6.45) is 5.82. The van der Waals surface area contributed by atoms with Gasteiger partial charge in [0.15, 0.2) is 0 Å². The van der Waals surface area contributed by atoms with Crippen molar-refractivity contribution in [3.05, 3.63) is 23.7 Å². The topological polar surface area (TPSA) is 45.6 Å². The molecule has 0 spiro atoms. The van der Waals surface area contributed by atoms with Crippen LogP contribution in [0.2, 0.25) is 0 Å². The van der Waals surface area contributed by atoms with Gasteiger partial charge >= 0.3 is 0 Å². The number of rotatable bonds is 3. The van der Waals surface area contributed by atoms with Gasteiger partial charge < -0.3 is 15.1 Å². The van der Waals surface area contributed by atoms with E-state index in [4.69, 9.17) is 10.2 Å². The molecule has 2 aliphatic heterocycles. The fourth-order valence-corrected chi connectivity index (χ4v) is 3.71. The largest absolute Gasteiger partial charge is 0.468 e. The van der Waals surface area contributed by atoms with Crippen molar-refractivity contribution in [2.24, 2.45) is 11.7 Å². The standard InChI is InChI=1S/C15H25N3O/c1-17-5-2-3-13-9-18(6-4-15(13)17)10-14-7-12(8-16)11-19-14/h7,11,13,15H,2-6,8-10,16H2,1H3. The van der Waals surface area contributed by atoms with E-state index >= 15 is 0 Å². The van der Waals surface area contributed by atoms with Gasteiger partial charge in [0.1, 0.15) is 5.76 Å². The second kappa shape index (κ2) is 5.65. The average Bonchev–Trinajstić information content (AvgIpc) is 2.86. The van der Waals surface area contributed by atoms with Crippen LogP contribution in [-0.2, 0) is 13.1 Å². The molecule has 19 heavy (non-hydrogen) atoms. The smallest absolute Gasteiger partial charge is 0.118 e. The molecule has 0 saturated carbocycles. The Kier molecular flexibility index (Phi) is 3.91. The Morgan fingerprint density at radius 1 is 1.37 bits per heavy atom. The SMILES string of the molecule is CN1CCCC2CN(Cc3cc(CN)co3)CCC21. The van der Waals surface area contributed by atoms with Crippen LogP contribution >= 0.6 is 0 Å². The number of furan rings is 1. The molecule has 0 aromatic carbocycles. The van der Waals surface area contributed by atoms with E-state index in [1.165, 1.54) is 38.9 Å². The van der Waals surface area contributed by atoms with Crippen molar-refractivity contribution in [1.29, 1.82) is 0 Å². The van der Waals surface area contributed by atoms with E-state index in [-0.39, 0.29) is 0 Å². The lowest BCUT2D eigenvalue weighted by Gasteiger charge is -2.45. The van der Waals surface area contributed by atoms with Crippen LogP contribution in [-0.4, -0.2) is 42.5 Å². The van der Waals surface area contributed by atoms with Gasteiger partial charge in [0.25, 0.3) is 0 Å². The lowest BCUT2D eigenvalue weighted by atomic mass is 9.84. The van der Waals surface area contributed by atoms with E-state index in [0.29, 0.717) is 6.54 Å². The minimum Gasteiger partial charge on any atom is -0.468 e. The predicted molar refractivity (Wildman–Crippen MR) is 75.6 cm³/mol. The molecule has 3 rings (SSSR count). The molecule has 2 N–H and O–H groups in total. The lowest BCUT2D eigenvalue weighted by Crippen LogP contribution is -2.52. The van der Waals surface area contributed by atoms with Gasteiger partial charge in [-0.05, 0) is 44.8 Å². The van der Waals surface area contributed by atoms with Crippen LogP contribution in [0.3, 0.4) is 0 Å². The van der Waals surface area contributed by atoms with E-state index in [2.05, 4.69) is 22.9 Å². The summed E-state index contributed by atoms with van der Waals surface area (Å²) in [6.45, 7) is 5.18. The summed E-state index contributed by atoms with van der Waals surface area (Å²) in [5.41, 5.74) is 6.72. The highest BCUT2D eigenvalue weighted by atomic mass is 16.3. The molecule has 2 unspecified atom stereocenters. The summed E-state index contributed by atoms with van der Waals surface area (Å²) in [5.74, 6) is 1.90. The molecule has 0 bridgehead atoms. The molecule has 0 radical (unpaired) electrons. The fourth-order valence-electron chi connectivity index (χ4n) is 3.71. The molecular formula is C15H25N3O. The van der Waals surface area contributed by atoms with Gasteiger partial charge in [-0.1, -0.05) is 0 Å². The summed E-state index contributed by atoms with van der Waals surface area (Å²) < 4.78 is 5.58. The molecule has 1 aromatic rings. The van der Waals surface area contributed by atoms with Gasteiger partial charge in [0.2, 0.25) is 0 Å². The Hall–Kier alpha value is -0.840. The molecule has 2 aliphatic rings. The van der Waals surface area contributed by atoms with Crippen LogP contribution in [0.4, 0.5) is 0 Å². The van der Waals surface area contributed by atoms with Gasteiger partial charge in [-0.15, -0.1) is 0 Å². The first kappa shape index (κ1) is 13.2. The quantitative estimate of drug-likeness (QED) is 0.901. The third-order valence-electron chi connectivity index (χ3n) is 4.75. The van der Waals surface area contributed by atoms with Crippen molar-refractivity contribution in [3.8, 4) is 0 Å². The molecule has 2 saturated heterocycles. The molecule has 0 amide bonds. The van der Waals surface area contributed by atoms with E-state index < -0.39 is 0 Å². The molecule has 0 aliphatic carbocycles. The van der Waals surface area contributed by atoms with E-state index in [1.54, 1.807) is 6.26 Å². The molecule has 1 aromatic heterocycles. The van der Waals surface area contributed by atoms with Crippen LogP contribution in [0.1, 0.15) is 30.6 Å². The number of piperidine rings is 2. The molecule has 4 nitrogen and oxygen atoms in total. The van der Waals surface area contributed by atoms with Crippen LogP contribution in [0, 0.1) is 5.92 Å². The summed E-state index contributed by atoms with van der Waals surface area (Å²) in [6, 6.07) is 2.90. The Balaban J connectivity index is 1.58. The minimum atomic E-state index is 0.568. The Labute approximate surface area is 115 Å². The average molecular weight is 263 g/mol. The van der Waals surface area contributed by atoms with Crippen molar-refractivity contribution in [2.45, 2.75) is 38.4 Å². The first-order valence-electron chi connectivity index (χ1n) is 7.45. The van der Waals surface area contributed by atoms with Crippen LogP contribution in [0.5, 0.6) is 0 Å². The number of hydrogen-bond acceptors (Lipinski definition) is 4. The molecule has 4 heteroatoms. The molecule has 2 fully saturated rings. The number of likely N-dealkylation sites (tertiary alicyclic amines) is 2. The number of hydrogen-bond donors (Lipinski definition) is 1. The van der Waals surface area contributed by atoms with Crippen molar-refractivity contribution in [1.82, 2.24) is 9.80 Å². The van der Waals surface area contributed by atoms with Gasteiger partial charge in [0, 0.05) is 31.2 Å². The zero-order valence-electron chi connectivity index (χ0n) is 11.8.